The summed E-state index contributed by atoms with van der Waals surface area (Å²) in [5, 5.41) is 0. The summed E-state index contributed by atoms with van der Waals surface area (Å²) in [5.74, 6) is 1.90. The van der Waals surface area contributed by atoms with Gasteiger partial charge in [0.05, 0.1) is 9.34 Å². The van der Waals surface area contributed by atoms with Gasteiger partial charge in [0.1, 0.15) is 11.5 Å². The summed E-state index contributed by atoms with van der Waals surface area (Å²) in [6.07, 6.45) is 2.38. The summed E-state index contributed by atoms with van der Waals surface area (Å²) >= 11 is 2.34. The minimum absolute atomic E-state index is 0.249. The van der Waals surface area contributed by atoms with Gasteiger partial charge in [0, 0.05) is 34.9 Å². The van der Waals surface area contributed by atoms with E-state index in [9.17, 15) is 4.79 Å². The van der Waals surface area contributed by atoms with Gasteiger partial charge in [0.15, 0.2) is 0 Å². The molecule has 1 atom stereocenters. The molecule has 1 aliphatic carbocycles. The van der Waals surface area contributed by atoms with E-state index in [0.29, 0.717) is 12.8 Å². The normalized spacial score (nSPS) is 21.2. The molecule has 1 aliphatic heterocycles. The number of rotatable bonds is 3. The van der Waals surface area contributed by atoms with Crippen LogP contribution >= 0.6 is 22.6 Å². The average molecular weight is 472 g/mol. The Bertz CT molecular complexity index is 941. The van der Waals surface area contributed by atoms with Gasteiger partial charge < -0.3 is 9.47 Å². The molecular weight excluding hydrogens is 451 g/mol. The maximum atomic E-state index is 12.1. The monoisotopic (exact) mass is 472 g/mol. The second-order valence-corrected chi connectivity index (χ2v) is 8.60. The number of Topliss-reactive ketones (excluding diaryl/α,β-unsaturated/α-hetero) is 1. The Morgan fingerprint density at radius 1 is 1.07 bits per heavy atom. The smallest absolute Gasteiger partial charge is 0.267 e. The molecule has 27 heavy (non-hydrogen) atoms. The third kappa shape index (κ3) is 3.55. The van der Waals surface area contributed by atoms with Crippen LogP contribution in [0.15, 0.2) is 66.4 Å². The van der Waals surface area contributed by atoms with Crippen LogP contribution in [-0.2, 0) is 14.3 Å². The SMILES string of the molecule is CC1(C)CC(OC2OC(c3ccccc3)=C(I)c3ccccc32)=CCC1=O. The Balaban J connectivity index is 1.70. The van der Waals surface area contributed by atoms with E-state index in [1.807, 2.05) is 68.5 Å². The van der Waals surface area contributed by atoms with E-state index in [1.165, 1.54) is 0 Å². The molecule has 2 aromatic rings. The first-order chi connectivity index (χ1) is 13.0. The Morgan fingerprint density at radius 2 is 1.78 bits per heavy atom. The molecule has 0 bridgehead atoms. The number of ketones is 1. The van der Waals surface area contributed by atoms with Crippen LogP contribution in [0.4, 0.5) is 0 Å². The Hall–Kier alpha value is -2.08. The third-order valence-corrected chi connectivity index (χ3v) is 6.13. The molecule has 1 unspecified atom stereocenters. The average Bonchev–Trinajstić information content (AvgIpc) is 2.67. The number of hydrogen-bond donors (Lipinski definition) is 0. The summed E-state index contributed by atoms with van der Waals surface area (Å²) in [4.78, 5) is 12.1. The van der Waals surface area contributed by atoms with Gasteiger partial charge in [-0.05, 0) is 28.7 Å². The zero-order chi connectivity index (χ0) is 19.0. The number of fused-ring (bicyclic) bond motifs is 1. The highest BCUT2D eigenvalue weighted by Crippen LogP contribution is 2.46. The fourth-order valence-electron chi connectivity index (χ4n) is 3.44. The summed E-state index contributed by atoms with van der Waals surface area (Å²) in [6.45, 7) is 3.94. The fourth-order valence-corrected chi connectivity index (χ4v) is 4.36. The van der Waals surface area contributed by atoms with Gasteiger partial charge in [-0.15, -0.1) is 0 Å². The Labute approximate surface area is 173 Å². The minimum Gasteiger partial charge on any atom is -0.455 e. The number of halogens is 1. The van der Waals surface area contributed by atoms with E-state index in [4.69, 9.17) is 9.47 Å². The molecule has 0 saturated carbocycles. The first-order valence-corrected chi connectivity index (χ1v) is 10.1. The number of carbonyl (C=O) groups is 1. The van der Waals surface area contributed by atoms with Crippen LogP contribution in [0.3, 0.4) is 0 Å². The van der Waals surface area contributed by atoms with Gasteiger partial charge in [-0.1, -0.05) is 68.4 Å². The van der Waals surface area contributed by atoms with Crippen LogP contribution in [0.25, 0.3) is 9.34 Å². The number of hydrogen-bond acceptors (Lipinski definition) is 3. The van der Waals surface area contributed by atoms with Gasteiger partial charge in [-0.25, -0.2) is 0 Å². The van der Waals surface area contributed by atoms with E-state index < -0.39 is 11.7 Å². The summed E-state index contributed by atoms with van der Waals surface area (Å²) in [5.41, 5.74) is 2.76. The number of benzene rings is 2. The van der Waals surface area contributed by atoms with E-state index in [0.717, 1.165) is 31.8 Å². The second kappa shape index (κ2) is 7.15. The van der Waals surface area contributed by atoms with Crippen LogP contribution in [0.5, 0.6) is 0 Å². The highest BCUT2D eigenvalue weighted by molar-refractivity contribution is 14.1. The summed E-state index contributed by atoms with van der Waals surface area (Å²) in [6, 6.07) is 18.3. The largest absolute Gasteiger partial charge is 0.455 e. The highest BCUT2D eigenvalue weighted by atomic mass is 127. The zero-order valence-corrected chi connectivity index (χ0v) is 17.5. The van der Waals surface area contributed by atoms with Crippen LogP contribution in [0.2, 0.25) is 0 Å². The van der Waals surface area contributed by atoms with Crippen molar-refractivity contribution >= 4 is 37.7 Å². The molecule has 2 aromatic carbocycles. The maximum Gasteiger partial charge on any atom is 0.267 e. The van der Waals surface area contributed by atoms with Gasteiger partial charge in [0.25, 0.3) is 6.29 Å². The third-order valence-electron chi connectivity index (χ3n) is 5.06. The van der Waals surface area contributed by atoms with E-state index >= 15 is 0 Å². The lowest BCUT2D eigenvalue weighted by Crippen LogP contribution is -2.28. The molecular formula is C23H21IO3. The van der Waals surface area contributed by atoms with E-state index in [-0.39, 0.29) is 5.78 Å². The Morgan fingerprint density at radius 3 is 2.52 bits per heavy atom. The van der Waals surface area contributed by atoms with Crippen molar-refractivity contribution in [3.05, 3.63) is 83.1 Å². The predicted octanol–water partition coefficient (Wildman–Crippen LogP) is 6.27. The number of ether oxygens (including phenoxy) is 2. The van der Waals surface area contributed by atoms with Crippen molar-refractivity contribution in [1.29, 1.82) is 0 Å². The van der Waals surface area contributed by atoms with Crippen molar-refractivity contribution in [2.45, 2.75) is 33.0 Å². The van der Waals surface area contributed by atoms with Gasteiger partial charge in [-0.3, -0.25) is 4.79 Å². The lowest BCUT2D eigenvalue weighted by Gasteiger charge is -2.33. The Kier molecular flexibility index (Phi) is 4.84. The molecule has 0 radical (unpaired) electrons. The zero-order valence-electron chi connectivity index (χ0n) is 15.4. The summed E-state index contributed by atoms with van der Waals surface area (Å²) in [7, 11) is 0. The van der Waals surface area contributed by atoms with Crippen LogP contribution in [0, 0.1) is 5.41 Å². The van der Waals surface area contributed by atoms with Crippen molar-refractivity contribution in [3.63, 3.8) is 0 Å². The molecule has 0 amide bonds. The van der Waals surface area contributed by atoms with Crippen LogP contribution < -0.4 is 0 Å². The standard InChI is InChI=1S/C23H21IO3/c1-23(2)14-16(12-13-19(23)25)26-22-18-11-7-6-10-17(18)20(24)21(27-22)15-8-4-3-5-9-15/h3-12,22H,13-14H2,1-2H3. The van der Waals surface area contributed by atoms with Crippen molar-refractivity contribution in [2.24, 2.45) is 5.41 Å². The van der Waals surface area contributed by atoms with Crippen LogP contribution in [0.1, 0.15) is 49.7 Å². The van der Waals surface area contributed by atoms with Gasteiger partial charge in [0.2, 0.25) is 0 Å². The van der Waals surface area contributed by atoms with Crippen molar-refractivity contribution < 1.29 is 14.3 Å². The number of carbonyl (C=O) groups excluding carboxylic acids is 1. The first-order valence-electron chi connectivity index (χ1n) is 9.06. The first kappa shape index (κ1) is 18.3. The predicted molar refractivity (Wildman–Crippen MR) is 115 cm³/mol. The van der Waals surface area contributed by atoms with E-state index in [2.05, 4.69) is 28.7 Å². The lowest BCUT2D eigenvalue weighted by molar-refractivity contribution is -0.129. The molecule has 3 nitrogen and oxygen atoms in total. The van der Waals surface area contributed by atoms with Gasteiger partial charge in [-0.2, -0.15) is 0 Å². The van der Waals surface area contributed by atoms with E-state index in [1.54, 1.807) is 0 Å². The quantitative estimate of drug-likeness (QED) is 0.495. The van der Waals surface area contributed by atoms with Gasteiger partial charge >= 0.3 is 0 Å². The van der Waals surface area contributed by atoms with Crippen molar-refractivity contribution in [3.8, 4) is 0 Å². The molecule has 4 rings (SSSR count). The highest BCUT2D eigenvalue weighted by Gasteiger charge is 2.35. The molecule has 1 heterocycles. The second-order valence-electron chi connectivity index (χ2n) is 7.52. The maximum absolute atomic E-state index is 12.1. The molecule has 0 aromatic heterocycles. The molecule has 0 fully saturated rings. The molecule has 0 saturated heterocycles. The van der Waals surface area contributed by atoms with Crippen molar-refractivity contribution in [2.75, 3.05) is 0 Å². The molecule has 0 spiro atoms. The number of allylic oxidation sites excluding steroid dienone is 2. The molecule has 2 aliphatic rings. The molecule has 138 valence electrons. The summed E-state index contributed by atoms with van der Waals surface area (Å²) < 4.78 is 13.7. The van der Waals surface area contributed by atoms with Crippen LogP contribution in [-0.4, -0.2) is 5.78 Å². The molecule has 0 N–H and O–H groups in total. The fraction of sp³-hybridized carbons (Fsp3) is 0.261. The lowest BCUT2D eigenvalue weighted by atomic mass is 9.79. The topological polar surface area (TPSA) is 35.5 Å². The minimum atomic E-state index is -0.523. The van der Waals surface area contributed by atoms with Crippen molar-refractivity contribution in [1.82, 2.24) is 0 Å². The molecule has 4 heteroatoms.